The van der Waals surface area contributed by atoms with Crippen molar-refractivity contribution in [2.24, 2.45) is 0 Å². The molecule has 2 aromatic carbocycles. The number of rotatable bonds is 5. The molecule has 1 aliphatic heterocycles. The lowest BCUT2D eigenvalue weighted by Crippen LogP contribution is -2.70. The summed E-state index contributed by atoms with van der Waals surface area (Å²) in [5.41, 5.74) is -0.440. The molecule has 1 aliphatic rings. The number of nitro benzene ring substituents is 1. The Hall–Kier alpha value is -3.43. The van der Waals surface area contributed by atoms with Crippen LogP contribution in [-0.4, -0.2) is 62.5 Å². The van der Waals surface area contributed by atoms with Gasteiger partial charge in [-0.15, -0.1) is 0 Å². The van der Waals surface area contributed by atoms with Crippen LogP contribution in [0.3, 0.4) is 0 Å². The van der Waals surface area contributed by atoms with Gasteiger partial charge in [-0.2, -0.15) is 0 Å². The van der Waals surface area contributed by atoms with Gasteiger partial charge in [0.05, 0.1) is 15.8 Å². The van der Waals surface area contributed by atoms with Crippen molar-refractivity contribution in [2.75, 3.05) is 14.1 Å². The van der Waals surface area contributed by atoms with Crippen molar-refractivity contribution in [1.29, 1.82) is 0 Å². The summed E-state index contributed by atoms with van der Waals surface area (Å²) in [5.74, 6) is -1.11. The van der Waals surface area contributed by atoms with E-state index in [-0.39, 0.29) is 18.5 Å². The number of piperazine rings is 1. The maximum atomic E-state index is 13.2. The number of hydrogen-bond donors (Lipinski definition) is 2. The molecule has 32 heavy (non-hydrogen) atoms. The summed E-state index contributed by atoms with van der Waals surface area (Å²) in [6.45, 7) is 0. The van der Waals surface area contributed by atoms with E-state index in [4.69, 9.17) is 11.6 Å². The second-order valence-electron chi connectivity index (χ2n) is 7.93. The molecule has 0 aliphatic carbocycles. The topological polar surface area (TPSA) is 120 Å². The lowest BCUT2D eigenvalue weighted by molar-refractivity contribution is -0.383. The van der Waals surface area contributed by atoms with Crippen LogP contribution in [0.25, 0.3) is 10.9 Å². The van der Waals surface area contributed by atoms with Crippen molar-refractivity contribution in [3.8, 4) is 0 Å². The Morgan fingerprint density at radius 3 is 2.62 bits per heavy atom. The number of aliphatic hydroxyl groups is 1. The molecule has 0 saturated carbocycles. The van der Waals surface area contributed by atoms with Gasteiger partial charge in [0.25, 0.3) is 11.6 Å². The number of benzene rings is 2. The van der Waals surface area contributed by atoms with Gasteiger partial charge in [0, 0.05) is 44.2 Å². The second-order valence-corrected chi connectivity index (χ2v) is 8.36. The number of aromatic nitrogens is 1. The van der Waals surface area contributed by atoms with Crippen molar-refractivity contribution < 1.29 is 19.6 Å². The summed E-state index contributed by atoms with van der Waals surface area (Å²) in [6, 6.07) is 10.5. The number of non-ortho nitro benzene ring substituents is 1. The van der Waals surface area contributed by atoms with Crippen molar-refractivity contribution >= 4 is 40.0 Å². The van der Waals surface area contributed by atoms with Gasteiger partial charge >= 0.3 is 0 Å². The quantitative estimate of drug-likeness (QED) is 0.451. The molecule has 2 heterocycles. The van der Waals surface area contributed by atoms with E-state index in [0.29, 0.717) is 27.1 Å². The van der Waals surface area contributed by atoms with Gasteiger partial charge in [-0.3, -0.25) is 19.7 Å². The smallest absolute Gasteiger partial charge is 0.279 e. The number of amides is 2. The molecule has 166 valence electrons. The van der Waals surface area contributed by atoms with Crippen molar-refractivity contribution in [2.45, 2.75) is 24.6 Å². The number of carbonyl (C=O) groups excluding carboxylic acids is 2. The van der Waals surface area contributed by atoms with Gasteiger partial charge in [-0.05, 0) is 29.3 Å². The van der Waals surface area contributed by atoms with E-state index in [1.807, 2.05) is 0 Å². The number of aromatic amines is 1. The maximum absolute atomic E-state index is 13.2. The molecule has 1 saturated heterocycles. The fraction of sp³-hybridized carbons (Fsp3) is 0.273. The summed E-state index contributed by atoms with van der Waals surface area (Å²) < 4.78 is 0. The number of nitrogens with one attached hydrogen (secondary N) is 1. The number of halogens is 1. The Kier molecular flexibility index (Phi) is 5.39. The molecule has 0 unspecified atom stereocenters. The highest BCUT2D eigenvalue weighted by molar-refractivity contribution is 6.30. The summed E-state index contributed by atoms with van der Waals surface area (Å²) in [7, 11) is 2.83. The lowest BCUT2D eigenvalue weighted by Gasteiger charge is -2.47. The number of nitro groups is 1. The molecular formula is C22H21ClN4O5. The minimum atomic E-state index is -2.07. The highest BCUT2D eigenvalue weighted by atomic mass is 35.5. The highest BCUT2D eigenvalue weighted by Gasteiger charge is 2.53. The fourth-order valence-electron chi connectivity index (χ4n) is 4.25. The molecule has 0 bridgehead atoms. The summed E-state index contributed by atoms with van der Waals surface area (Å²) >= 11 is 6.02. The normalized spacial score (nSPS) is 21.4. The summed E-state index contributed by atoms with van der Waals surface area (Å²) in [6.07, 6.45) is 1.55. The third-order valence-electron chi connectivity index (χ3n) is 6.02. The predicted molar refractivity (Wildman–Crippen MR) is 118 cm³/mol. The Morgan fingerprint density at radius 2 is 1.94 bits per heavy atom. The molecule has 9 nitrogen and oxygen atoms in total. The third kappa shape index (κ3) is 3.49. The average Bonchev–Trinajstić information content (AvgIpc) is 3.17. The van der Waals surface area contributed by atoms with E-state index < -0.39 is 28.5 Å². The Morgan fingerprint density at radius 1 is 1.22 bits per heavy atom. The van der Waals surface area contributed by atoms with E-state index >= 15 is 0 Å². The van der Waals surface area contributed by atoms with Crippen molar-refractivity contribution in [3.05, 3.63) is 74.9 Å². The predicted octanol–water partition coefficient (Wildman–Crippen LogP) is 2.50. The van der Waals surface area contributed by atoms with E-state index in [1.165, 1.54) is 25.1 Å². The van der Waals surface area contributed by atoms with Crippen LogP contribution in [0.15, 0.2) is 48.7 Å². The first-order valence-electron chi connectivity index (χ1n) is 9.88. The maximum Gasteiger partial charge on any atom is 0.279 e. The molecule has 0 radical (unpaired) electrons. The molecule has 2 amide bonds. The lowest BCUT2D eigenvalue weighted by atomic mass is 9.92. The van der Waals surface area contributed by atoms with Crippen molar-refractivity contribution in [1.82, 2.24) is 14.8 Å². The molecule has 1 aromatic heterocycles. The van der Waals surface area contributed by atoms with Crippen LogP contribution in [-0.2, 0) is 22.4 Å². The number of nitrogens with zero attached hydrogens (tertiary/aromatic N) is 3. The van der Waals surface area contributed by atoms with Crippen LogP contribution in [0.4, 0.5) is 5.69 Å². The molecule has 0 spiro atoms. The van der Waals surface area contributed by atoms with Crippen LogP contribution in [0.5, 0.6) is 0 Å². The largest absolute Gasteiger partial charge is 0.363 e. The van der Waals surface area contributed by atoms with Crippen molar-refractivity contribution in [3.63, 3.8) is 0 Å². The first kappa shape index (κ1) is 21.8. The monoisotopic (exact) mass is 456 g/mol. The van der Waals surface area contributed by atoms with E-state index in [0.717, 1.165) is 4.90 Å². The van der Waals surface area contributed by atoms with Crippen LogP contribution in [0.2, 0.25) is 5.02 Å². The number of carbonyl (C=O) groups is 2. The molecule has 4 rings (SSSR count). The zero-order valence-corrected chi connectivity index (χ0v) is 18.2. The SMILES string of the molecule is CN1C(=O)[C@](O)(Cc2cccc(Cl)c2)N(C)C(=O)[C@@H]1Cc1c[nH]c2cccc([N+](=O)[O-])c12. The minimum absolute atomic E-state index is 0.0590. The number of hydrogen-bond acceptors (Lipinski definition) is 5. The Bertz CT molecular complexity index is 1240. The van der Waals surface area contributed by atoms with Gasteiger partial charge in [-0.1, -0.05) is 29.8 Å². The highest BCUT2D eigenvalue weighted by Crippen LogP contribution is 2.33. The van der Waals surface area contributed by atoms with Gasteiger partial charge < -0.3 is 19.9 Å². The van der Waals surface area contributed by atoms with Gasteiger partial charge in [-0.25, -0.2) is 0 Å². The molecule has 2 N–H and O–H groups in total. The molecule has 3 aromatic rings. The fourth-order valence-corrected chi connectivity index (χ4v) is 4.46. The van der Waals surface area contributed by atoms with Gasteiger partial charge in [0.1, 0.15) is 6.04 Å². The first-order chi connectivity index (χ1) is 15.1. The number of likely N-dealkylation sites (N-methyl/N-ethyl adjacent to an activating group) is 2. The summed E-state index contributed by atoms with van der Waals surface area (Å²) in [4.78, 5) is 42.7. The van der Waals surface area contributed by atoms with E-state index in [9.17, 15) is 24.8 Å². The number of H-pyrrole nitrogens is 1. The zero-order chi connectivity index (χ0) is 23.2. The van der Waals surface area contributed by atoms with Crippen LogP contribution < -0.4 is 0 Å². The third-order valence-corrected chi connectivity index (χ3v) is 6.25. The Balaban J connectivity index is 1.66. The molecular weight excluding hydrogens is 436 g/mol. The first-order valence-corrected chi connectivity index (χ1v) is 10.3. The van der Waals surface area contributed by atoms with Crippen LogP contribution >= 0.6 is 11.6 Å². The van der Waals surface area contributed by atoms with Gasteiger partial charge in [0.15, 0.2) is 0 Å². The van der Waals surface area contributed by atoms with E-state index in [1.54, 1.807) is 42.6 Å². The van der Waals surface area contributed by atoms with Crippen LogP contribution in [0.1, 0.15) is 11.1 Å². The standard InChI is InChI=1S/C22H21ClN4O5/c1-25-18(10-14-12-24-16-7-4-8-17(19(14)16)27(31)32)20(28)26(2)22(30,21(25)29)11-13-5-3-6-15(23)9-13/h3-9,12,18,24,30H,10-11H2,1-2H3/t18-,22+/m0/s1. The number of fused-ring (bicyclic) bond motifs is 1. The molecule has 10 heteroatoms. The molecule has 2 atom stereocenters. The summed E-state index contributed by atoms with van der Waals surface area (Å²) in [5, 5.41) is 23.5. The van der Waals surface area contributed by atoms with Crippen LogP contribution in [0, 0.1) is 10.1 Å². The zero-order valence-electron chi connectivity index (χ0n) is 17.4. The Labute approximate surface area is 188 Å². The average molecular weight is 457 g/mol. The minimum Gasteiger partial charge on any atom is -0.363 e. The van der Waals surface area contributed by atoms with E-state index in [2.05, 4.69) is 4.98 Å². The molecule has 1 fully saturated rings. The second kappa shape index (κ2) is 7.92. The van der Waals surface area contributed by atoms with Gasteiger partial charge in [0.2, 0.25) is 11.6 Å².